The maximum atomic E-state index is 10.6. The van der Waals surface area contributed by atoms with Crippen LogP contribution in [0.3, 0.4) is 0 Å². The summed E-state index contributed by atoms with van der Waals surface area (Å²) in [6.45, 7) is 0. The first kappa shape index (κ1) is 18.7. The summed E-state index contributed by atoms with van der Waals surface area (Å²) in [4.78, 5) is 8.69. The Morgan fingerprint density at radius 3 is 2.17 bits per heavy atom. The smallest absolute Gasteiger partial charge is 0.162 e. The molecule has 0 saturated carbocycles. The molecule has 2 N–H and O–H groups in total. The maximum absolute atomic E-state index is 10.6. The number of aromatic nitrogens is 2. The van der Waals surface area contributed by atoms with Crippen molar-refractivity contribution >= 4 is 22.4 Å². The molecule has 4 rings (SSSR count). The first-order valence-corrected chi connectivity index (χ1v) is 9.16. The van der Waals surface area contributed by atoms with E-state index in [1.54, 1.807) is 14.2 Å². The molecule has 146 valence electrons. The molecule has 0 amide bonds. The van der Waals surface area contributed by atoms with Crippen molar-refractivity contribution in [1.29, 1.82) is 0 Å². The van der Waals surface area contributed by atoms with Crippen LogP contribution in [0.15, 0.2) is 73.1 Å². The Labute approximate surface area is 168 Å². The average molecular weight is 387 g/mol. The van der Waals surface area contributed by atoms with Gasteiger partial charge in [0, 0.05) is 17.1 Å². The van der Waals surface area contributed by atoms with Gasteiger partial charge in [-0.2, -0.15) is 0 Å². The summed E-state index contributed by atoms with van der Waals surface area (Å²) in [6.07, 6.45) is 0.839. The molecule has 6 heteroatoms. The fraction of sp³-hybridized carbons (Fsp3) is 0.130. The van der Waals surface area contributed by atoms with E-state index >= 15 is 0 Å². The highest BCUT2D eigenvalue weighted by molar-refractivity contribution is 5.93. The van der Waals surface area contributed by atoms with Gasteiger partial charge in [-0.1, -0.05) is 42.5 Å². The van der Waals surface area contributed by atoms with E-state index in [2.05, 4.69) is 15.3 Å². The number of benzene rings is 3. The third kappa shape index (κ3) is 3.83. The number of aliphatic hydroxyl groups excluding tert-OH is 1. The van der Waals surface area contributed by atoms with Gasteiger partial charge in [-0.05, 0) is 29.3 Å². The molecule has 4 aromatic rings. The molecule has 1 heterocycles. The number of hydrogen-bond donors (Lipinski definition) is 2. The molecule has 29 heavy (non-hydrogen) atoms. The zero-order chi connectivity index (χ0) is 20.2. The molecular weight excluding hydrogens is 366 g/mol. The van der Waals surface area contributed by atoms with E-state index in [0.717, 1.165) is 27.7 Å². The van der Waals surface area contributed by atoms with Gasteiger partial charge >= 0.3 is 0 Å². The summed E-state index contributed by atoms with van der Waals surface area (Å²) in [7, 11) is 3.19. The fourth-order valence-corrected chi connectivity index (χ4v) is 3.20. The monoisotopic (exact) mass is 387 g/mol. The highest BCUT2D eigenvalue weighted by Crippen LogP contribution is 2.34. The Balaban J connectivity index is 1.62. The molecule has 6 nitrogen and oxygen atoms in total. The molecule has 0 aliphatic rings. The Hall–Kier alpha value is -3.64. The Morgan fingerprint density at radius 2 is 1.48 bits per heavy atom. The molecule has 0 aliphatic heterocycles. The molecule has 0 aliphatic carbocycles. The zero-order valence-corrected chi connectivity index (χ0v) is 16.2. The molecular formula is C23H21N3O3. The van der Waals surface area contributed by atoms with Gasteiger partial charge in [0.2, 0.25) is 0 Å². The largest absolute Gasteiger partial charge is 0.493 e. The second kappa shape index (κ2) is 8.16. The Bertz CT molecular complexity index is 1120. The van der Waals surface area contributed by atoms with E-state index in [-0.39, 0.29) is 0 Å². The fourth-order valence-electron chi connectivity index (χ4n) is 3.20. The lowest BCUT2D eigenvalue weighted by Gasteiger charge is -2.14. The number of nitrogens with zero attached hydrogens (tertiary/aromatic N) is 2. The average Bonchev–Trinajstić information content (AvgIpc) is 2.79. The van der Waals surface area contributed by atoms with Crippen LogP contribution in [0, 0.1) is 0 Å². The molecule has 0 saturated heterocycles. The number of rotatable bonds is 6. The molecule has 0 fully saturated rings. The van der Waals surface area contributed by atoms with E-state index in [4.69, 9.17) is 9.47 Å². The quantitative estimate of drug-likeness (QED) is 0.508. The summed E-state index contributed by atoms with van der Waals surface area (Å²) in [5.41, 5.74) is 3.27. The van der Waals surface area contributed by atoms with Crippen LogP contribution >= 0.6 is 0 Å². The van der Waals surface area contributed by atoms with E-state index in [0.29, 0.717) is 17.3 Å². The summed E-state index contributed by atoms with van der Waals surface area (Å²) >= 11 is 0. The van der Waals surface area contributed by atoms with Crippen LogP contribution in [0.5, 0.6) is 11.5 Å². The van der Waals surface area contributed by atoms with Gasteiger partial charge in [0.15, 0.2) is 11.5 Å². The van der Waals surface area contributed by atoms with E-state index in [9.17, 15) is 5.11 Å². The van der Waals surface area contributed by atoms with Crippen LogP contribution in [-0.4, -0.2) is 29.3 Å². The molecule has 1 atom stereocenters. The molecule has 1 aromatic heterocycles. The third-order valence-corrected chi connectivity index (χ3v) is 4.75. The van der Waals surface area contributed by atoms with Crippen molar-refractivity contribution in [2.75, 3.05) is 19.5 Å². The Kier molecular flexibility index (Phi) is 5.27. The van der Waals surface area contributed by atoms with Gasteiger partial charge < -0.3 is 19.9 Å². The van der Waals surface area contributed by atoms with Crippen LogP contribution in [0.4, 0.5) is 11.5 Å². The predicted octanol–water partition coefficient (Wildman–Crippen LogP) is 4.47. The Morgan fingerprint density at radius 1 is 0.828 bits per heavy atom. The van der Waals surface area contributed by atoms with Crippen LogP contribution in [0.1, 0.15) is 17.2 Å². The molecule has 3 aromatic carbocycles. The summed E-state index contributed by atoms with van der Waals surface area (Å²) in [5.74, 6) is 1.88. The summed E-state index contributed by atoms with van der Waals surface area (Å²) < 4.78 is 10.7. The van der Waals surface area contributed by atoms with E-state index in [1.165, 1.54) is 6.33 Å². The number of aliphatic hydroxyl groups is 1. The van der Waals surface area contributed by atoms with Gasteiger partial charge in [0.1, 0.15) is 18.2 Å². The molecule has 0 bridgehead atoms. The van der Waals surface area contributed by atoms with Crippen molar-refractivity contribution in [3.05, 3.63) is 84.2 Å². The van der Waals surface area contributed by atoms with Crippen LogP contribution < -0.4 is 14.8 Å². The SMILES string of the molecule is COc1cc2ncnc(Nc3ccc([C@H](O)c4ccccc4)cc3)c2cc1OC. The normalized spacial score (nSPS) is 11.8. The molecule has 0 spiro atoms. The molecule has 0 unspecified atom stereocenters. The standard InChI is InChI=1S/C23H21N3O3/c1-28-20-12-18-19(13-21(20)29-2)24-14-25-23(18)26-17-10-8-16(9-11-17)22(27)15-6-4-3-5-7-15/h3-14,22,27H,1-2H3,(H,24,25,26)/t22-/m1/s1. The lowest BCUT2D eigenvalue weighted by Crippen LogP contribution is -2.00. The van der Waals surface area contributed by atoms with Crippen molar-refractivity contribution in [1.82, 2.24) is 9.97 Å². The second-order valence-electron chi connectivity index (χ2n) is 6.51. The summed E-state index contributed by atoms with van der Waals surface area (Å²) in [6, 6.07) is 20.9. The minimum atomic E-state index is -0.665. The number of methoxy groups -OCH3 is 2. The molecule has 0 radical (unpaired) electrons. The lowest BCUT2D eigenvalue weighted by atomic mass is 10.0. The van der Waals surface area contributed by atoms with Crippen molar-refractivity contribution in [2.24, 2.45) is 0 Å². The minimum absolute atomic E-state index is 0.610. The number of hydrogen-bond acceptors (Lipinski definition) is 6. The van der Waals surface area contributed by atoms with Crippen molar-refractivity contribution in [3.8, 4) is 11.5 Å². The number of ether oxygens (including phenoxy) is 2. The number of fused-ring (bicyclic) bond motifs is 1. The second-order valence-corrected chi connectivity index (χ2v) is 6.51. The lowest BCUT2D eigenvalue weighted by molar-refractivity contribution is 0.220. The number of nitrogens with one attached hydrogen (secondary N) is 1. The van der Waals surface area contributed by atoms with E-state index < -0.39 is 6.10 Å². The number of anilines is 2. The zero-order valence-electron chi connectivity index (χ0n) is 16.2. The van der Waals surface area contributed by atoms with Gasteiger partial charge in [-0.25, -0.2) is 9.97 Å². The van der Waals surface area contributed by atoms with Crippen LogP contribution in [-0.2, 0) is 0 Å². The summed E-state index contributed by atoms with van der Waals surface area (Å²) in [5, 5.41) is 14.7. The third-order valence-electron chi connectivity index (χ3n) is 4.75. The van der Waals surface area contributed by atoms with Crippen molar-refractivity contribution in [3.63, 3.8) is 0 Å². The first-order chi connectivity index (χ1) is 14.2. The predicted molar refractivity (Wildman–Crippen MR) is 113 cm³/mol. The van der Waals surface area contributed by atoms with Gasteiger partial charge in [-0.15, -0.1) is 0 Å². The van der Waals surface area contributed by atoms with Gasteiger partial charge in [-0.3, -0.25) is 0 Å². The maximum Gasteiger partial charge on any atom is 0.162 e. The van der Waals surface area contributed by atoms with Crippen LogP contribution in [0.2, 0.25) is 0 Å². The topological polar surface area (TPSA) is 76.5 Å². The minimum Gasteiger partial charge on any atom is -0.493 e. The van der Waals surface area contributed by atoms with Crippen molar-refractivity contribution in [2.45, 2.75) is 6.10 Å². The van der Waals surface area contributed by atoms with Crippen LogP contribution in [0.25, 0.3) is 10.9 Å². The van der Waals surface area contributed by atoms with Gasteiger partial charge in [0.05, 0.1) is 19.7 Å². The van der Waals surface area contributed by atoms with Gasteiger partial charge in [0.25, 0.3) is 0 Å². The highest BCUT2D eigenvalue weighted by Gasteiger charge is 2.12. The first-order valence-electron chi connectivity index (χ1n) is 9.16. The highest BCUT2D eigenvalue weighted by atomic mass is 16.5. The van der Waals surface area contributed by atoms with E-state index in [1.807, 2.05) is 66.7 Å². The van der Waals surface area contributed by atoms with Crippen molar-refractivity contribution < 1.29 is 14.6 Å².